The fourth-order valence-corrected chi connectivity index (χ4v) is 6.94. The quantitative estimate of drug-likeness (QED) is 0.137. The number of ketones is 1. The van der Waals surface area contributed by atoms with Crippen molar-refractivity contribution in [3.63, 3.8) is 0 Å². The number of esters is 1. The molecule has 0 aromatic carbocycles. The van der Waals surface area contributed by atoms with Crippen molar-refractivity contribution in [3.05, 3.63) is 0 Å². The zero-order valence-corrected chi connectivity index (χ0v) is 29.1. The monoisotopic (exact) mass is 725 g/mol. The van der Waals surface area contributed by atoms with Crippen molar-refractivity contribution in [1.29, 1.82) is 0 Å². The fraction of sp³-hybridized carbons (Fsp3) is 0.871. The van der Waals surface area contributed by atoms with Crippen LogP contribution >= 0.6 is 22.6 Å². The number of aliphatic hydroxyl groups is 4. The summed E-state index contributed by atoms with van der Waals surface area (Å²) < 4.78 is 22.9. The van der Waals surface area contributed by atoms with Crippen molar-refractivity contribution >= 4 is 34.3 Å². The molecule has 0 spiro atoms. The molecule has 0 aliphatic carbocycles. The molecule has 0 aromatic rings. The summed E-state index contributed by atoms with van der Waals surface area (Å²) in [5.41, 5.74) is -3.17. The molecule has 2 saturated heterocycles. The number of ether oxygens (including phenoxy) is 4. The van der Waals surface area contributed by atoms with Gasteiger partial charge in [0.1, 0.15) is 17.5 Å². The van der Waals surface area contributed by atoms with Gasteiger partial charge in [-0.1, -0.05) is 20.8 Å². The summed E-state index contributed by atoms with van der Waals surface area (Å²) in [6.45, 7) is 11.9. The Morgan fingerprint density at radius 1 is 1.09 bits per heavy atom. The fourth-order valence-electron chi connectivity index (χ4n) is 6.33. The highest BCUT2D eigenvalue weighted by atomic mass is 127. The van der Waals surface area contributed by atoms with Crippen molar-refractivity contribution < 1.29 is 49.0 Å². The van der Waals surface area contributed by atoms with E-state index in [1.54, 1.807) is 43.4 Å². The van der Waals surface area contributed by atoms with E-state index in [0.29, 0.717) is 19.4 Å². The Morgan fingerprint density at radius 3 is 2.26 bits per heavy atom. The number of likely N-dealkylation sites (N-methyl/N-ethyl adjacent to an activating group) is 1. The van der Waals surface area contributed by atoms with E-state index in [-0.39, 0.29) is 24.3 Å². The summed E-state index contributed by atoms with van der Waals surface area (Å²) >= 11 is 1.71. The van der Waals surface area contributed by atoms with Gasteiger partial charge in [-0.15, -0.1) is 12.3 Å². The van der Waals surface area contributed by atoms with E-state index in [9.17, 15) is 30.0 Å². The molecule has 11 nitrogen and oxygen atoms in total. The molecule has 0 radical (unpaired) electrons. The van der Waals surface area contributed by atoms with Gasteiger partial charge in [0.25, 0.3) is 0 Å². The van der Waals surface area contributed by atoms with Gasteiger partial charge < -0.3 is 39.4 Å². The van der Waals surface area contributed by atoms with E-state index in [0.717, 1.165) is 0 Å². The predicted octanol–water partition coefficient (Wildman–Crippen LogP) is 1.89. The van der Waals surface area contributed by atoms with E-state index in [4.69, 9.17) is 25.4 Å². The third-order valence-corrected chi connectivity index (χ3v) is 10.9. The molecule has 0 aromatic heterocycles. The van der Waals surface area contributed by atoms with Crippen molar-refractivity contribution in [3.8, 4) is 12.3 Å². The van der Waals surface area contributed by atoms with Crippen LogP contribution in [0.2, 0.25) is 0 Å². The number of aliphatic hydroxyl groups excluding tert-OH is 3. The lowest BCUT2D eigenvalue weighted by Gasteiger charge is -2.48. The molecule has 12 heteroatoms. The van der Waals surface area contributed by atoms with Crippen molar-refractivity contribution in [2.45, 2.75) is 126 Å². The van der Waals surface area contributed by atoms with Gasteiger partial charge in [-0.05, 0) is 70.2 Å². The lowest BCUT2D eigenvalue weighted by atomic mass is 9.74. The lowest BCUT2D eigenvalue weighted by Crippen LogP contribution is -2.60. The van der Waals surface area contributed by atoms with E-state index in [1.165, 1.54) is 27.9 Å². The summed E-state index contributed by atoms with van der Waals surface area (Å²) in [4.78, 5) is 28.7. The van der Waals surface area contributed by atoms with Crippen LogP contribution in [-0.4, -0.2) is 116 Å². The van der Waals surface area contributed by atoms with Crippen LogP contribution in [0.3, 0.4) is 0 Å². The van der Waals surface area contributed by atoms with Gasteiger partial charge in [-0.25, -0.2) is 0 Å². The maximum absolute atomic E-state index is 13.6. The number of alkyl halides is 1. The third-order valence-electron chi connectivity index (χ3n) is 9.43. The normalized spacial score (nSPS) is 45.7. The van der Waals surface area contributed by atoms with Crippen LogP contribution in [0.1, 0.15) is 67.7 Å². The second-order valence-corrected chi connectivity index (χ2v) is 14.1. The molecule has 0 bridgehead atoms. The number of methoxy groups -OCH3 is 1. The van der Waals surface area contributed by atoms with Gasteiger partial charge >= 0.3 is 5.97 Å². The number of cyclic esters (lactones) is 1. The van der Waals surface area contributed by atoms with Crippen LogP contribution in [0.4, 0.5) is 0 Å². The van der Waals surface area contributed by atoms with Crippen LogP contribution in [0.15, 0.2) is 0 Å². The summed E-state index contributed by atoms with van der Waals surface area (Å²) in [5, 5.41) is 45.0. The molecule has 2 aliphatic heterocycles. The van der Waals surface area contributed by atoms with E-state index < -0.39 is 75.7 Å². The summed E-state index contributed by atoms with van der Waals surface area (Å²) in [6.07, 6.45) is 0.325. The molecule has 248 valence electrons. The Kier molecular flexibility index (Phi) is 13.9. The Morgan fingerprint density at radius 2 is 1.70 bits per heavy atom. The van der Waals surface area contributed by atoms with E-state index in [2.05, 4.69) is 5.92 Å². The number of nitrogens with zero attached hydrogens (tertiary/aromatic N) is 1. The molecular weight excluding hydrogens is 673 g/mol. The van der Waals surface area contributed by atoms with E-state index in [1.807, 2.05) is 18.9 Å². The lowest BCUT2D eigenvalue weighted by molar-refractivity contribution is -0.302. The van der Waals surface area contributed by atoms with Crippen LogP contribution in [0, 0.1) is 36.0 Å². The van der Waals surface area contributed by atoms with Gasteiger partial charge in [-0.3, -0.25) is 14.5 Å². The standard InChI is InChI=1S/C31H52INO10/c1-11-12-13-33(9)21-14-17(3)41-28(24(21)36)42-26-19(5)23(35)20(6)27(38)43-29(32)31(8,39)25(37)18(4)22(34)16(2)15-30(26,7)40-10/h1,16-21,23-26,28-29,35-37,39H,12-15H2,2-10H3/t16-,17-,18+,19+,20-,21+,23+,24-,25-,26-,28+,29+,30-,31+/m1/s1. The Labute approximate surface area is 270 Å². The predicted molar refractivity (Wildman–Crippen MR) is 168 cm³/mol. The van der Waals surface area contributed by atoms with E-state index >= 15 is 0 Å². The second-order valence-electron chi connectivity index (χ2n) is 13.0. The van der Waals surface area contributed by atoms with Crippen LogP contribution in [0.5, 0.6) is 0 Å². The topological polar surface area (TPSA) is 155 Å². The number of rotatable bonds is 6. The largest absolute Gasteiger partial charge is 0.448 e. The minimum atomic E-state index is -1.95. The molecule has 4 N–H and O–H groups in total. The number of hydrogen-bond acceptors (Lipinski definition) is 11. The molecule has 2 rings (SSSR count). The number of terminal acetylenes is 1. The molecular formula is C31H52INO10. The summed E-state index contributed by atoms with van der Waals surface area (Å²) in [6, 6.07) is -0.320. The molecule has 0 unspecified atom stereocenters. The molecule has 14 atom stereocenters. The minimum absolute atomic E-state index is 0.111. The maximum Gasteiger partial charge on any atom is 0.312 e. The summed E-state index contributed by atoms with van der Waals surface area (Å²) in [5.74, 6) is -2.04. The SMILES string of the molecule is C#CCCN(C)[C@H]1C[C@@H](C)O[C@@H](O[C@@H]2[C@@H](C)[C@H](O)[C@@H](C)C(=O)O[C@H](I)[C@@](C)(O)[C@H](O)[C@@H](C)C(=O)[C@H](C)C[C@@]2(C)OC)[C@@H]1O. The number of carbonyl (C=O) groups is 2. The highest BCUT2D eigenvalue weighted by Gasteiger charge is 2.51. The molecule has 2 heterocycles. The smallest absolute Gasteiger partial charge is 0.312 e. The maximum atomic E-state index is 13.6. The number of Topliss-reactive ketones (excluding diaryl/α,β-unsaturated/α-hetero) is 1. The average molecular weight is 726 g/mol. The first-order valence-electron chi connectivity index (χ1n) is 15.0. The highest BCUT2D eigenvalue weighted by Crippen LogP contribution is 2.39. The van der Waals surface area contributed by atoms with Crippen molar-refractivity contribution in [2.24, 2.45) is 23.7 Å². The van der Waals surface area contributed by atoms with Crippen LogP contribution < -0.4 is 0 Å². The van der Waals surface area contributed by atoms with Gasteiger partial charge in [0.15, 0.2) is 10.4 Å². The zero-order chi connectivity index (χ0) is 33.0. The number of carbonyl (C=O) groups excluding carboxylic acids is 2. The molecule has 0 amide bonds. The third kappa shape index (κ3) is 8.68. The second kappa shape index (κ2) is 15.6. The first-order chi connectivity index (χ1) is 19.8. The highest BCUT2D eigenvalue weighted by molar-refractivity contribution is 14.1. The van der Waals surface area contributed by atoms with Gasteiger partial charge in [0.2, 0.25) is 0 Å². The molecule has 43 heavy (non-hydrogen) atoms. The van der Waals surface area contributed by atoms with Crippen LogP contribution in [-0.2, 0) is 28.5 Å². The van der Waals surface area contributed by atoms with Crippen molar-refractivity contribution in [1.82, 2.24) is 4.90 Å². The minimum Gasteiger partial charge on any atom is -0.448 e. The first-order valence-corrected chi connectivity index (χ1v) is 16.2. The van der Waals surface area contributed by atoms with Gasteiger partial charge in [-0.2, -0.15) is 0 Å². The zero-order valence-electron chi connectivity index (χ0n) is 26.9. The first kappa shape index (κ1) is 38.3. The molecule has 2 aliphatic rings. The summed E-state index contributed by atoms with van der Waals surface area (Å²) in [7, 11) is 3.34. The molecule has 2 fully saturated rings. The number of halogens is 1. The van der Waals surface area contributed by atoms with Crippen LogP contribution in [0.25, 0.3) is 0 Å². The Balaban J connectivity index is 2.56. The molecule has 0 saturated carbocycles. The van der Waals surface area contributed by atoms with Gasteiger partial charge in [0, 0.05) is 43.9 Å². The average Bonchev–Trinajstić information content (AvgIpc) is 2.96. The Bertz CT molecular complexity index is 990. The number of hydrogen-bond donors (Lipinski definition) is 4. The Hall–Kier alpha value is -0.890. The van der Waals surface area contributed by atoms with Crippen molar-refractivity contribution in [2.75, 3.05) is 20.7 Å². The van der Waals surface area contributed by atoms with Gasteiger partial charge in [0.05, 0.1) is 35.9 Å².